The average Bonchev–Trinajstić information content (AvgIpc) is 3.27. The molecule has 1 fully saturated rings. The van der Waals surface area contributed by atoms with Crippen LogP contribution in [0.5, 0.6) is 0 Å². The van der Waals surface area contributed by atoms with Crippen molar-refractivity contribution in [3.63, 3.8) is 0 Å². The summed E-state index contributed by atoms with van der Waals surface area (Å²) in [6.07, 6.45) is 8.50. The molecular weight excluding hydrogens is 378 g/mol. The second-order valence-electron chi connectivity index (χ2n) is 8.10. The predicted octanol–water partition coefficient (Wildman–Crippen LogP) is 2.89. The molecule has 2 heterocycles. The van der Waals surface area contributed by atoms with Crippen LogP contribution >= 0.6 is 0 Å². The SMILES string of the molecule is CN(C)c1nc(N[C@H]2CC[C@@H](NC(=O)CCc3c[nH]cn3)CC2)nc2ccccc12. The summed E-state index contributed by atoms with van der Waals surface area (Å²) in [5.41, 5.74) is 1.86. The number of amides is 1. The number of aromatic amines is 1. The van der Waals surface area contributed by atoms with Crippen molar-refractivity contribution in [1.29, 1.82) is 0 Å². The van der Waals surface area contributed by atoms with Crippen LogP contribution in [0, 0.1) is 0 Å². The number of anilines is 2. The molecule has 0 spiro atoms. The van der Waals surface area contributed by atoms with E-state index < -0.39 is 0 Å². The van der Waals surface area contributed by atoms with Gasteiger partial charge in [0.2, 0.25) is 11.9 Å². The summed E-state index contributed by atoms with van der Waals surface area (Å²) in [6.45, 7) is 0. The van der Waals surface area contributed by atoms with E-state index >= 15 is 0 Å². The number of aromatic nitrogens is 4. The van der Waals surface area contributed by atoms with Crippen molar-refractivity contribution in [1.82, 2.24) is 25.3 Å². The molecule has 3 N–H and O–H groups in total. The van der Waals surface area contributed by atoms with Gasteiger partial charge >= 0.3 is 0 Å². The van der Waals surface area contributed by atoms with Gasteiger partial charge in [-0.2, -0.15) is 4.98 Å². The van der Waals surface area contributed by atoms with Crippen molar-refractivity contribution >= 4 is 28.6 Å². The Kier molecular flexibility index (Phi) is 6.11. The Morgan fingerprint density at radius 3 is 2.63 bits per heavy atom. The Hall–Kier alpha value is -3.16. The highest BCUT2D eigenvalue weighted by molar-refractivity contribution is 5.90. The first kappa shape index (κ1) is 20.1. The first-order valence-corrected chi connectivity index (χ1v) is 10.6. The standard InChI is InChI=1S/C22H29N7O/c1-29(2)21-18-5-3-4-6-19(18)27-22(28-21)26-16-9-7-15(8-10-16)25-20(30)12-11-17-13-23-14-24-17/h3-6,13-16H,7-12H2,1-2H3,(H,23,24)(H,25,30)(H,26,27,28)/t15-,16+. The molecule has 0 radical (unpaired) electrons. The summed E-state index contributed by atoms with van der Waals surface area (Å²) in [5.74, 6) is 1.69. The number of benzene rings is 1. The largest absolute Gasteiger partial charge is 0.362 e. The van der Waals surface area contributed by atoms with E-state index in [0.29, 0.717) is 24.8 Å². The van der Waals surface area contributed by atoms with E-state index in [1.165, 1.54) is 0 Å². The summed E-state index contributed by atoms with van der Waals surface area (Å²) in [4.78, 5) is 30.7. The van der Waals surface area contributed by atoms with Crippen LogP contribution in [0.4, 0.5) is 11.8 Å². The summed E-state index contributed by atoms with van der Waals surface area (Å²) < 4.78 is 0. The lowest BCUT2D eigenvalue weighted by molar-refractivity contribution is -0.122. The number of nitrogens with one attached hydrogen (secondary N) is 3. The van der Waals surface area contributed by atoms with E-state index in [1.54, 1.807) is 6.33 Å². The van der Waals surface area contributed by atoms with Gasteiger partial charge in [-0.05, 0) is 44.2 Å². The molecule has 1 amide bonds. The highest BCUT2D eigenvalue weighted by Crippen LogP contribution is 2.26. The van der Waals surface area contributed by atoms with Crippen LogP contribution in [-0.4, -0.2) is 52.0 Å². The van der Waals surface area contributed by atoms with Gasteiger partial charge in [0, 0.05) is 44.2 Å². The van der Waals surface area contributed by atoms with Gasteiger partial charge in [0.15, 0.2) is 0 Å². The first-order chi connectivity index (χ1) is 14.6. The number of rotatable bonds is 7. The summed E-state index contributed by atoms with van der Waals surface area (Å²) in [5, 5.41) is 7.73. The molecule has 4 rings (SSSR count). The zero-order valence-corrected chi connectivity index (χ0v) is 17.6. The number of carbonyl (C=O) groups excluding carboxylic acids is 1. The molecule has 0 unspecified atom stereocenters. The van der Waals surface area contributed by atoms with Crippen molar-refractivity contribution in [3.05, 3.63) is 42.5 Å². The Morgan fingerprint density at radius 2 is 1.90 bits per heavy atom. The maximum atomic E-state index is 12.2. The second kappa shape index (κ2) is 9.11. The fourth-order valence-corrected chi connectivity index (χ4v) is 4.00. The van der Waals surface area contributed by atoms with Gasteiger partial charge in [0.1, 0.15) is 5.82 Å². The summed E-state index contributed by atoms with van der Waals surface area (Å²) in [6, 6.07) is 8.64. The number of fused-ring (bicyclic) bond motifs is 1. The molecule has 3 aromatic rings. The lowest BCUT2D eigenvalue weighted by Gasteiger charge is -2.30. The third kappa shape index (κ3) is 4.87. The molecule has 1 saturated carbocycles. The lowest BCUT2D eigenvalue weighted by atomic mass is 9.91. The Bertz CT molecular complexity index is 978. The Balaban J connectivity index is 1.30. The van der Waals surface area contributed by atoms with Crippen LogP contribution in [0.15, 0.2) is 36.8 Å². The number of nitrogens with zero attached hydrogens (tertiary/aromatic N) is 4. The van der Waals surface area contributed by atoms with Crippen molar-refractivity contribution in [2.75, 3.05) is 24.3 Å². The number of hydrogen-bond donors (Lipinski definition) is 3. The summed E-state index contributed by atoms with van der Waals surface area (Å²) >= 11 is 0. The molecule has 8 nitrogen and oxygen atoms in total. The highest BCUT2D eigenvalue weighted by atomic mass is 16.1. The fourth-order valence-electron chi connectivity index (χ4n) is 4.00. The van der Waals surface area contributed by atoms with Gasteiger partial charge in [-0.15, -0.1) is 0 Å². The second-order valence-corrected chi connectivity index (χ2v) is 8.10. The third-order valence-corrected chi connectivity index (χ3v) is 5.60. The smallest absolute Gasteiger partial charge is 0.225 e. The topological polar surface area (TPSA) is 98.8 Å². The van der Waals surface area contributed by atoms with Crippen LogP contribution in [0.2, 0.25) is 0 Å². The monoisotopic (exact) mass is 407 g/mol. The van der Waals surface area contributed by atoms with Gasteiger partial charge in [-0.1, -0.05) is 12.1 Å². The van der Waals surface area contributed by atoms with Crippen molar-refractivity contribution in [3.8, 4) is 0 Å². The minimum absolute atomic E-state index is 0.0999. The van der Waals surface area contributed by atoms with E-state index in [4.69, 9.17) is 9.97 Å². The fraction of sp³-hybridized carbons (Fsp3) is 0.455. The Morgan fingerprint density at radius 1 is 1.13 bits per heavy atom. The average molecular weight is 408 g/mol. The van der Waals surface area contributed by atoms with Crippen LogP contribution in [-0.2, 0) is 11.2 Å². The summed E-state index contributed by atoms with van der Waals surface area (Å²) in [7, 11) is 4.00. The van der Waals surface area contributed by atoms with Crippen molar-refractivity contribution in [2.45, 2.75) is 50.6 Å². The van der Waals surface area contributed by atoms with Gasteiger partial charge in [0.25, 0.3) is 0 Å². The molecule has 0 aliphatic heterocycles. The quantitative estimate of drug-likeness (QED) is 0.557. The zero-order valence-electron chi connectivity index (χ0n) is 17.6. The number of imidazole rings is 1. The minimum atomic E-state index is 0.0999. The Labute approximate surface area is 176 Å². The number of para-hydroxylation sites is 1. The normalized spacial score (nSPS) is 18.9. The molecule has 1 aliphatic rings. The lowest BCUT2D eigenvalue weighted by Crippen LogP contribution is -2.40. The molecule has 0 bridgehead atoms. The van der Waals surface area contributed by atoms with Crippen molar-refractivity contribution < 1.29 is 4.79 Å². The van der Waals surface area contributed by atoms with E-state index in [-0.39, 0.29) is 11.9 Å². The number of carbonyl (C=O) groups is 1. The molecule has 1 aliphatic carbocycles. The molecule has 1 aromatic carbocycles. The predicted molar refractivity (Wildman–Crippen MR) is 119 cm³/mol. The highest BCUT2D eigenvalue weighted by Gasteiger charge is 2.23. The van der Waals surface area contributed by atoms with Crippen LogP contribution < -0.4 is 15.5 Å². The van der Waals surface area contributed by atoms with Gasteiger partial charge in [-0.3, -0.25) is 4.79 Å². The van der Waals surface area contributed by atoms with Gasteiger partial charge in [-0.25, -0.2) is 9.97 Å². The van der Waals surface area contributed by atoms with E-state index in [0.717, 1.165) is 48.1 Å². The van der Waals surface area contributed by atoms with Crippen LogP contribution in [0.1, 0.15) is 37.8 Å². The molecule has 0 saturated heterocycles. The van der Waals surface area contributed by atoms with E-state index in [9.17, 15) is 4.79 Å². The van der Waals surface area contributed by atoms with Gasteiger partial charge in [0.05, 0.1) is 17.5 Å². The van der Waals surface area contributed by atoms with E-state index in [2.05, 4.69) is 26.7 Å². The number of hydrogen-bond acceptors (Lipinski definition) is 6. The maximum Gasteiger partial charge on any atom is 0.225 e. The molecular formula is C22H29N7O. The molecule has 2 aromatic heterocycles. The van der Waals surface area contributed by atoms with Crippen LogP contribution in [0.25, 0.3) is 10.9 Å². The minimum Gasteiger partial charge on any atom is -0.362 e. The molecule has 30 heavy (non-hydrogen) atoms. The van der Waals surface area contributed by atoms with Gasteiger partial charge < -0.3 is 20.5 Å². The number of aryl methyl sites for hydroxylation is 1. The molecule has 158 valence electrons. The zero-order chi connectivity index (χ0) is 20.9. The van der Waals surface area contributed by atoms with Crippen molar-refractivity contribution in [2.24, 2.45) is 0 Å². The molecule has 0 atom stereocenters. The molecule has 8 heteroatoms. The number of H-pyrrole nitrogens is 1. The van der Waals surface area contributed by atoms with E-state index in [1.807, 2.05) is 43.4 Å². The first-order valence-electron chi connectivity index (χ1n) is 10.6. The third-order valence-electron chi connectivity index (χ3n) is 5.60. The maximum absolute atomic E-state index is 12.2. The van der Waals surface area contributed by atoms with Crippen LogP contribution in [0.3, 0.4) is 0 Å².